The maximum absolute atomic E-state index is 13.9. The van der Waals surface area contributed by atoms with Gasteiger partial charge in [-0.05, 0) is 90.0 Å². The van der Waals surface area contributed by atoms with Crippen LogP contribution in [-0.4, -0.2) is 107 Å². The second kappa shape index (κ2) is 20.8. The molecular weight excluding hydrogens is 984 g/mol. The molecule has 0 saturated carbocycles. The van der Waals surface area contributed by atoms with Crippen molar-refractivity contribution in [3.8, 4) is 22.8 Å². The molecule has 8 aromatic rings. The summed E-state index contributed by atoms with van der Waals surface area (Å²) in [5, 5.41) is 18.2. The lowest BCUT2D eigenvalue weighted by Crippen LogP contribution is -2.40. The summed E-state index contributed by atoms with van der Waals surface area (Å²) in [6.07, 6.45) is 1.78. The molecule has 0 fully saturated rings. The standard InChI is InChI=1S/C26H32F4N6O2Si.C24H31FN6O2Si/c1-25(2,3)33-24(37)18-13-35(15-38-9-10-39(4,5)6)23-22(18)32-19(12-31-23)21-17-8-7-16(27)11-20(17)36(34-21)14-26(28,29)30;1-24(2,3)28-23(32)17-13-31(14-33-9-10-34(4,5)6)22-21(17)27-19(12-26-22)20-16-8-7-15(25)11-18(16)29-30-20/h7-8,11-13H,9-10,14-15H2,1-6H3,(H,33,37);7-8,11-13H,9-10,14H2,1-6H3,(H,28,32)(H,29,30). The highest BCUT2D eigenvalue weighted by Gasteiger charge is 2.31. The number of nitrogens with one attached hydrogen (secondary N) is 3. The molecule has 0 aliphatic rings. The molecule has 0 unspecified atom stereocenters. The van der Waals surface area contributed by atoms with Gasteiger partial charge >= 0.3 is 6.18 Å². The molecule has 390 valence electrons. The number of amides is 2. The summed E-state index contributed by atoms with van der Waals surface area (Å²) in [6.45, 7) is 25.2. The van der Waals surface area contributed by atoms with Gasteiger partial charge in [0.15, 0.2) is 11.3 Å². The van der Waals surface area contributed by atoms with E-state index in [1.807, 2.05) is 46.1 Å². The van der Waals surface area contributed by atoms with Crippen LogP contribution < -0.4 is 10.6 Å². The SMILES string of the molecule is CC(C)(C)NC(=O)c1cn(COCC[Si](C)(C)C)c2ncc(-c3n[nH]c4cc(F)ccc34)nc12.CC(C)(C)NC(=O)c1cn(COCC[Si](C)(C)C)c2ncc(-c3nn(CC(F)(F)F)c4cc(F)ccc34)nc12. The Morgan fingerprint density at radius 2 is 1.14 bits per heavy atom. The lowest BCUT2D eigenvalue weighted by Gasteiger charge is -2.20. The Kier molecular flexibility index (Phi) is 15.5. The molecular formula is C50H63F5N12O4Si2. The first-order chi connectivity index (χ1) is 33.9. The van der Waals surface area contributed by atoms with Gasteiger partial charge in [-0.15, -0.1) is 0 Å². The Bertz CT molecular complexity index is 3300. The van der Waals surface area contributed by atoms with Crippen molar-refractivity contribution in [3.05, 3.63) is 83.9 Å². The van der Waals surface area contributed by atoms with Crippen LogP contribution in [0.1, 0.15) is 62.3 Å². The van der Waals surface area contributed by atoms with E-state index in [1.165, 1.54) is 24.4 Å². The van der Waals surface area contributed by atoms with E-state index in [0.717, 1.165) is 29.6 Å². The monoisotopic (exact) mass is 1050 g/mol. The molecule has 0 radical (unpaired) electrons. The second-order valence-corrected chi connectivity index (χ2v) is 33.8. The van der Waals surface area contributed by atoms with Crippen LogP contribution in [0.25, 0.3) is 66.9 Å². The smallest absolute Gasteiger partial charge is 0.361 e. The van der Waals surface area contributed by atoms with E-state index < -0.39 is 45.8 Å². The van der Waals surface area contributed by atoms with Gasteiger partial charge in [0.05, 0.1) is 34.6 Å². The third-order valence-corrected chi connectivity index (χ3v) is 14.5. The number of benzene rings is 2. The van der Waals surface area contributed by atoms with Crippen LogP contribution >= 0.6 is 0 Å². The van der Waals surface area contributed by atoms with Crippen LogP contribution in [-0.2, 0) is 29.5 Å². The quantitative estimate of drug-likeness (QED) is 0.0507. The molecule has 0 bridgehead atoms. The summed E-state index contributed by atoms with van der Waals surface area (Å²) in [5.74, 6) is -1.66. The third-order valence-electron chi connectivity index (χ3n) is 11.1. The van der Waals surface area contributed by atoms with E-state index in [-0.39, 0.29) is 64.5 Å². The minimum Gasteiger partial charge on any atom is -0.361 e. The number of aromatic amines is 1. The molecule has 73 heavy (non-hydrogen) atoms. The van der Waals surface area contributed by atoms with Crippen molar-refractivity contribution in [2.45, 2.75) is 130 Å². The fourth-order valence-electron chi connectivity index (χ4n) is 7.57. The first-order valence-electron chi connectivity index (χ1n) is 23.8. The van der Waals surface area contributed by atoms with E-state index in [0.29, 0.717) is 57.2 Å². The number of alkyl halides is 3. The van der Waals surface area contributed by atoms with Gasteiger partial charge in [0, 0.05) is 63.6 Å². The summed E-state index contributed by atoms with van der Waals surface area (Å²) in [5.41, 5.74) is 3.22. The molecule has 8 rings (SSSR count). The van der Waals surface area contributed by atoms with Gasteiger partial charge in [-0.2, -0.15) is 23.4 Å². The van der Waals surface area contributed by atoms with Crippen molar-refractivity contribution in [2.24, 2.45) is 0 Å². The number of ether oxygens (including phenoxy) is 2. The van der Waals surface area contributed by atoms with E-state index in [1.54, 1.807) is 29.2 Å². The molecule has 2 aromatic carbocycles. The molecule has 0 aliphatic carbocycles. The number of hydrogen-bond donors (Lipinski definition) is 3. The van der Waals surface area contributed by atoms with Crippen molar-refractivity contribution in [1.82, 2.24) is 59.7 Å². The second-order valence-electron chi connectivity index (χ2n) is 22.5. The lowest BCUT2D eigenvalue weighted by atomic mass is 10.1. The summed E-state index contributed by atoms with van der Waals surface area (Å²) < 4.78 is 83.2. The molecule has 0 saturated heterocycles. The van der Waals surface area contributed by atoms with Gasteiger partial charge in [-0.1, -0.05) is 39.3 Å². The number of nitrogens with zero attached hydrogens (tertiary/aromatic N) is 9. The maximum atomic E-state index is 13.9. The number of fused-ring (bicyclic) bond motifs is 4. The average Bonchev–Trinajstić information content (AvgIpc) is 4.03. The van der Waals surface area contributed by atoms with Gasteiger partial charge in [0.2, 0.25) is 0 Å². The fraction of sp³-hybridized carbons (Fsp3) is 0.440. The number of carbonyl (C=O) groups is 2. The van der Waals surface area contributed by atoms with Crippen molar-refractivity contribution >= 4 is 72.1 Å². The van der Waals surface area contributed by atoms with Crippen LogP contribution in [0, 0.1) is 11.6 Å². The van der Waals surface area contributed by atoms with E-state index in [4.69, 9.17) is 14.5 Å². The highest BCUT2D eigenvalue weighted by molar-refractivity contribution is 6.76. The molecule has 0 aliphatic heterocycles. The van der Waals surface area contributed by atoms with Gasteiger partial charge in [0.1, 0.15) is 65.4 Å². The van der Waals surface area contributed by atoms with Gasteiger partial charge < -0.3 is 29.2 Å². The molecule has 6 heterocycles. The predicted octanol–water partition coefficient (Wildman–Crippen LogP) is 10.9. The minimum absolute atomic E-state index is 0.0247. The van der Waals surface area contributed by atoms with Crippen LogP contribution in [0.15, 0.2) is 61.2 Å². The summed E-state index contributed by atoms with van der Waals surface area (Å²) in [6, 6.07) is 9.93. The van der Waals surface area contributed by atoms with Crippen LogP contribution in [0.2, 0.25) is 51.4 Å². The first-order valence-corrected chi connectivity index (χ1v) is 31.2. The number of carbonyl (C=O) groups excluding carboxylic acids is 2. The zero-order chi connectivity index (χ0) is 53.4. The largest absolute Gasteiger partial charge is 0.408 e. The van der Waals surface area contributed by atoms with Crippen molar-refractivity contribution < 1.29 is 41.0 Å². The number of rotatable bonds is 15. The molecule has 3 N–H and O–H groups in total. The van der Waals surface area contributed by atoms with Gasteiger partial charge in [-0.25, -0.2) is 28.7 Å². The normalized spacial score (nSPS) is 12.8. The summed E-state index contributed by atoms with van der Waals surface area (Å²) >= 11 is 0. The Hall–Kier alpha value is -6.44. The molecule has 2 amide bonds. The minimum atomic E-state index is -4.57. The van der Waals surface area contributed by atoms with E-state index in [9.17, 15) is 31.5 Å². The zero-order valence-electron chi connectivity index (χ0n) is 43.3. The molecule has 6 aromatic heterocycles. The number of hydrogen-bond acceptors (Lipinski definition) is 10. The first kappa shape index (κ1) is 54.3. The van der Waals surface area contributed by atoms with Crippen molar-refractivity contribution in [2.75, 3.05) is 13.2 Å². The van der Waals surface area contributed by atoms with Gasteiger partial charge in [0.25, 0.3) is 11.8 Å². The highest BCUT2D eigenvalue weighted by atomic mass is 28.3. The van der Waals surface area contributed by atoms with Crippen molar-refractivity contribution in [1.29, 1.82) is 0 Å². The van der Waals surface area contributed by atoms with Crippen LogP contribution in [0.4, 0.5) is 22.0 Å². The predicted molar refractivity (Wildman–Crippen MR) is 277 cm³/mol. The third kappa shape index (κ3) is 14.0. The Balaban J connectivity index is 0.000000216. The van der Waals surface area contributed by atoms with Crippen LogP contribution in [0.5, 0.6) is 0 Å². The zero-order valence-corrected chi connectivity index (χ0v) is 45.3. The lowest BCUT2D eigenvalue weighted by molar-refractivity contribution is -0.141. The summed E-state index contributed by atoms with van der Waals surface area (Å²) in [7, 11) is -2.51. The molecule has 0 atom stereocenters. The topological polar surface area (TPSA) is 185 Å². The highest BCUT2D eigenvalue weighted by Crippen LogP contribution is 2.32. The number of aromatic nitrogens is 10. The number of halogens is 5. The summed E-state index contributed by atoms with van der Waals surface area (Å²) in [4.78, 5) is 44.8. The average molecular weight is 1050 g/mol. The maximum Gasteiger partial charge on any atom is 0.408 e. The van der Waals surface area contributed by atoms with Crippen LogP contribution in [0.3, 0.4) is 0 Å². The van der Waals surface area contributed by atoms with E-state index in [2.05, 4.69) is 80.2 Å². The number of H-pyrrole nitrogens is 1. The Labute approximate surface area is 421 Å². The molecule has 0 spiro atoms. The van der Waals surface area contributed by atoms with Gasteiger partial charge in [-0.3, -0.25) is 19.4 Å². The Morgan fingerprint density at radius 3 is 1.60 bits per heavy atom. The van der Waals surface area contributed by atoms with Crippen molar-refractivity contribution in [3.63, 3.8) is 0 Å². The van der Waals surface area contributed by atoms with E-state index >= 15 is 0 Å². The molecule has 23 heteroatoms. The molecule has 16 nitrogen and oxygen atoms in total. The Morgan fingerprint density at radius 1 is 0.671 bits per heavy atom. The fourth-order valence-corrected chi connectivity index (χ4v) is 9.09.